The lowest BCUT2D eigenvalue weighted by Gasteiger charge is -2.14. The van der Waals surface area contributed by atoms with E-state index in [1.54, 1.807) is 6.92 Å². The summed E-state index contributed by atoms with van der Waals surface area (Å²) in [5.74, 6) is -1.12. The van der Waals surface area contributed by atoms with Crippen LogP contribution in [0.15, 0.2) is 0 Å². The smallest absolute Gasteiger partial charge is 0.303 e. The summed E-state index contributed by atoms with van der Waals surface area (Å²) in [7, 11) is 0. The molecule has 0 saturated carbocycles. The van der Waals surface area contributed by atoms with Crippen molar-refractivity contribution in [1.29, 1.82) is 0 Å². The van der Waals surface area contributed by atoms with Gasteiger partial charge >= 0.3 is 5.97 Å². The Morgan fingerprint density at radius 2 is 1.93 bits per heavy atom. The second kappa shape index (κ2) is 7.19. The van der Waals surface area contributed by atoms with Crippen LogP contribution in [-0.2, 0) is 9.59 Å². The van der Waals surface area contributed by atoms with Gasteiger partial charge in [0.1, 0.15) is 0 Å². The molecule has 0 aromatic heterocycles. The molecule has 0 rings (SSSR count). The van der Waals surface area contributed by atoms with E-state index in [2.05, 4.69) is 5.32 Å². The van der Waals surface area contributed by atoms with Gasteiger partial charge in [0.05, 0.1) is 6.04 Å². The molecular formula is C9H19N3O3. The number of carboxylic acid groups (broad SMARTS) is 1. The van der Waals surface area contributed by atoms with E-state index in [0.29, 0.717) is 19.4 Å². The number of amides is 1. The number of hydrogen-bond acceptors (Lipinski definition) is 4. The fraction of sp³-hybridized carbons (Fsp3) is 0.778. The minimum absolute atomic E-state index is 0.120. The maximum atomic E-state index is 11.2. The van der Waals surface area contributed by atoms with Crippen molar-refractivity contribution < 1.29 is 14.7 Å². The normalized spacial score (nSPS) is 14.3. The molecule has 6 heteroatoms. The lowest BCUT2D eigenvalue weighted by atomic mass is 10.1. The van der Waals surface area contributed by atoms with E-state index in [9.17, 15) is 9.59 Å². The molecule has 0 aliphatic heterocycles. The monoisotopic (exact) mass is 217 g/mol. The molecule has 0 aromatic carbocycles. The van der Waals surface area contributed by atoms with Gasteiger partial charge in [0, 0.05) is 19.0 Å². The number of carboxylic acids is 1. The molecule has 0 aromatic rings. The lowest BCUT2D eigenvalue weighted by Crippen LogP contribution is -2.50. The van der Waals surface area contributed by atoms with E-state index >= 15 is 0 Å². The van der Waals surface area contributed by atoms with Gasteiger partial charge in [-0.05, 0) is 19.8 Å². The van der Waals surface area contributed by atoms with Gasteiger partial charge in [-0.2, -0.15) is 0 Å². The third kappa shape index (κ3) is 6.87. The molecule has 2 unspecified atom stereocenters. The van der Waals surface area contributed by atoms with Crippen molar-refractivity contribution in [3.63, 3.8) is 0 Å². The minimum atomic E-state index is -0.825. The minimum Gasteiger partial charge on any atom is -0.481 e. The summed E-state index contributed by atoms with van der Waals surface area (Å²) < 4.78 is 0. The second-order valence-corrected chi connectivity index (χ2v) is 3.53. The lowest BCUT2D eigenvalue weighted by molar-refractivity contribution is -0.137. The Balaban J connectivity index is 3.51. The Morgan fingerprint density at radius 3 is 2.40 bits per heavy atom. The fourth-order valence-corrected chi connectivity index (χ4v) is 0.969. The number of rotatable bonds is 7. The maximum absolute atomic E-state index is 11.2. The summed E-state index contributed by atoms with van der Waals surface area (Å²) in [6.07, 6.45) is 1.29. The van der Waals surface area contributed by atoms with Crippen molar-refractivity contribution in [2.45, 2.75) is 38.3 Å². The first-order valence-corrected chi connectivity index (χ1v) is 4.95. The van der Waals surface area contributed by atoms with Crippen molar-refractivity contribution in [2.24, 2.45) is 11.5 Å². The SMILES string of the molecule is CC(N)C(N)C(=O)NCCCCC(=O)O. The number of hydrogen-bond donors (Lipinski definition) is 4. The Bertz CT molecular complexity index is 219. The van der Waals surface area contributed by atoms with Gasteiger partial charge < -0.3 is 21.9 Å². The molecule has 0 heterocycles. The van der Waals surface area contributed by atoms with Crippen molar-refractivity contribution in [1.82, 2.24) is 5.32 Å². The number of nitrogens with two attached hydrogens (primary N) is 2. The van der Waals surface area contributed by atoms with Crippen LogP contribution in [0, 0.1) is 0 Å². The molecule has 88 valence electrons. The quantitative estimate of drug-likeness (QED) is 0.409. The Morgan fingerprint density at radius 1 is 1.33 bits per heavy atom. The van der Waals surface area contributed by atoms with Crippen molar-refractivity contribution in [3.05, 3.63) is 0 Å². The van der Waals surface area contributed by atoms with E-state index in [0.717, 1.165) is 0 Å². The fourth-order valence-electron chi connectivity index (χ4n) is 0.969. The van der Waals surface area contributed by atoms with Crippen LogP contribution >= 0.6 is 0 Å². The Hall–Kier alpha value is -1.14. The predicted octanol–water partition coefficient (Wildman–Crippen LogP) is -0.968. The second-order valence-electron chi connectivity index (χ2n) is 3.53. The van der Waals surface area contributed by atoms with Crippen LogP contribution < -0.4 is 16.8 Å². The van der Waals surface area contributed by atoms with Crippen LogP contribution in [0.4, 0.5) is 0 Å². The van der Waals surface area contributed by atoms with Crippen LogP contribution in [0.3, 0.4) is 0 Å². The molecule has 0 aliphatic rings. The van der Waals surface area contributed by atoms with Crippen LogP contribution in [0.2, 0.25) is 0 Å². The van der Waals surface area contributed by atoms with Crippen molar-refractivity contribution in [2.75, 3.05) is 6.54 Å². The molecule has 0 bridgehead atoms. The van der Waals surface area contributed by atoms with Crippen LogP contribution in [0.1, 0.15) is 26.2 Å². The standard InChI is InChI=1S/C9H19N3O3/c1-6(10)8(11)9(15)12-5-3-2-4-7(13)14/h6,8H,2-5,10-11H2,1H3,(H,12,15)(H,13,14). The Labute approximate surface area is 89.0 Å². The number of aliphatic carboxylic acids is 1. The van der Waals surface area contributed by atoms with Gasteiger partial charge in [-0.3, -0.25) is 9.59 Å². The van der Waals surface area contributed by atoms with E-state index in [1.165, 1.54) is 0 Å². The van der Waals surface area contributed by atoms with Gasteiger partial charge in [-0.15, -0.1) is 0 Å². The van der Waals surface area contributed by atoms with Crippen LogP contribution in [0.5, 0.6) is 0 Å². The summed E-state index contributed by atoms with van der Waals surface area (Å²) in [6.45, 7) is 2.10. The highest BCUT2D eigenvalue weighted by Crippen LogP contribution is 1.94. The van der Waals surface area contributed by atoms with Crippen molar-refractivity contribution >= 4 is 11.9 Å². The first-order valence-electron chi connectivity index (χ1n) is 4.95. The largest absolute Gasteiger partial charge is 0.481 e. The van der Waals surface area contributed by atoms with E-state index in [-0.39, 0.29) is 18.4 Å². The molecule has 0 spiro atoms. The van der Waals surface area contributed by atoms with Gasteiger partial charge in [-0.25, -0.2) is 0 Å². The molecule has 6 nitrogen and oxygen atoms in total. The first-order chi connectivity index (χ1) is 6.95. The average molecular weight is 217 g/mol. The number of carbonyl (C=O) groups excluding carboxylic acids is 1. The summed E-state index contributed by atoms with van der Waals surface area (Å²) in [5, 5.41) is 11.0. The molecule has 0 aliphatic carbocycles. The third-order valence-electron chi connectivity index (χ3n) is 1.99. The van der Waals surface area contributed by atoms with E-state index in [4.69, 9.17) is 16.6 Å². The topological polar surface area (TPSA) is 118 Å². The number of unbranched alkanes of at least 4 members (excludes halogenated alkanes) is 1. The number of carbonyl (C=O) groups is 2. The summed E-state index contributed by atoms with van der Waals surface area (Å²) >= 11 is 0. The predicted molar refractivity (Wildman–Crippen MR) is 56.1 cm³/mol. The zero-order valence-electron chi connectivity index (χ0n) is 8.90. The van der Waals surface area contributed by atoms with E-state index in [1.807, 2.05) is 0 Å². The molecule has 0 radical (unpaired) electrons. The summed E-state index contributed by atoms with van der Waals surface area (Å²) in [6, 6.07) is -1.09. The van der Waals surface area contributed by atoms with Gasteiger partial charge in [-0.1, -0.05) is 0 Å². The molecule has 1 amide bonds. The highest BCUT2D eigenvalue weighted by Gasteiger charge is 2.16. The highest BCUT2D eigenvalue weighted by molar-refractivity contribution is 5.82. The molecule has 0 saturated heterocycles. The zero-order chi connectivity index (χ0) is 11.8. The molecule has 15 heavy (non-hydrogen) atoms. The highest BCUT2D eigenvalue weighted by atomic mass is 16.4. The molecule has 2 atom stereocenters. The molecule has 0 fully saturated rings. The van der Waals surface area contributed by atoms with Gasteiger partial charge in [0.2, 0.25) is 5.91 Å². The number of nitrogens with one attached hydrogen (secondary N) is 1. The average Bonchev–Trinajstić information content (AvgIpc) is 2.15. The van der Waals surface area contributed by atoms with E-state index < -0.39 is 12.0 Å². The maximum Gasteiger partial charge on any atom is 0.303 e. The van der Waals surface area contributed by atoms with Crippen LogP contribution in [-0.4, -0.2) is 35.6 Å². The molecule has 6 N–H and O–H groups in total. The van der Waals surface area contributed by atoms with Gasteiger partial charge in [0.15, 0.2) is 0 Å². The zero-order valence-corrected chi connectivity index (χ0v) is 8.90. The molecular weight excluding hydrogens is 198 g/mol. The third-order valence-corrected chi connectivity index (χ3v) is 1.99. The van der Waals surface area contributed by atoms with Crippen molar-refractivity contribution in [3.8, 4) is 0 Å². The summed E-state index contributed by atoms with van der Waals surface area (Å²) in [4.78, 5) is 21.4. The Kier molecular flexibility index (Phi) is 6.64. The van der Waals surface area contributed by atoms with Crippen LogP contribution in [0.25, 0.3) is 0 Å². The summed E-state index contributed by atoms with van der Waals surface area (Å²) in [5.41, 5.74) is 10.9. The first kappa shape index (κ1) is 13.9. The van der Waals surface area contributed by atoms with Gasteiger partial charge in [0.25, 0.3) is 0 Å².